The largest absolute Gasteiger partial charge is 0.309 e. The minimum Gasteiger partial charge on any atom is -0.309 e. The molecule has 0 radical (unpaired) electrons. The van der Waals surface area contributed by atoms with Crippen molar-refractivity contribution in [2.45, 2.75) is 57.2 Å². The van der Waals surface area contributed by atoms with Crippen molar-refractivity contribution in [3.8, 4) is 0 Å². The van der Waals surface area contributed by atoms with Crippen LogP contribution in [0.25, 0.3) is 0 Å². The molecule has 2 heteroatoms. The molecular formula is C12H26ClN. The zero-order valence-corrected chi connectivity index (χ0v) is 10.8. The second-order valence-electron chi connectivity index (χ2n) is 4.39. The van der Waals surface area contributed by atoms with Crippen molar-refractivity contribution in [1.29, 1.82) is 0 Å². The van der Waals surface area contributed by atoms with E-state index in [0.717, 1.165) is 13.0 Å². The number of nitrogens with zero attached hydrogens (tertiary/aromatic N) is 1. The van der Waals surface area contributed by atoms with Crippen LogP contribution < -0.4 is 0 Å². The van der Waals surface area contributed by atoms with Crippen LogP contribution in [0.3, 0.4) is 0 Å². The van der Waals surface area contributed by atoms with Gasteiger partial charge in [-0.05, 0) is 33.5 Å². The van der Waals surface area contributed by atoms with Gasteiger partial charge in [0.05, 0.1) is 0 Å². The maximum atomic E-state index is 6.21. The zero-order valence-electron chi connectivity index (χ0n) is 10.1. The Bertz CT molecular complexity index is 115. The first-order valence-electron chi connectivity index (χ1n) is 5.95. The van der Waals surface area contributed by atoms with E-state index >= 15 is 0 Å². The van der Waals surface area contributed by atoms with Crippen LogP contribution >= 0.6 is 11.6 Å². The Morgan fingerprint density at radius 1 is 1.00 bits per heavy atom. The summed E-state index contributed by atoms with van der Waals surface area (Å²) in [5.41, 5.74) is 0. The summed E-state index contributed by atoms with van der Waals surface area (Å²) in [6, 6.07) is 0. The van der Waals surface area contributed by atoms with Gasteiger partial charge in [0.15, 0.2) is 0 Å². The average Bonchev–Trinajstić information content (AvgIpc) is 2.14. The van der Waals surface area contributed by atoms with Crippen molar-refractivity contribution in [2.75, 3.05) is 20.6 Å². The van der Waals surface area contributed by atoms with Crippen LogP contribution in [0.1, 0.15) is 51.9 Å². The van der Waals surface area contributed by atoms with Gasteiger partial charge in [-0.3, -0.25) is 0 Å². The highest BCUT2D eigenvalue weighted by Crippen LogP contribution is 2.13. The monoisotopic (exact) mass is 219 g/mol. The normalized spacial score (nSPS) is 13.5. The smallest absolute Gasteiger partial charge is 0.0348 e. The molecule has 0 aliphatic rings. The molecule has 86 valence electrons. The summed E-state index contributed by atoms with van der Waals surface area (Å²) in [5, 5.41) is 0.388. The lowest BCUT2D eigenvalue weighted by Gasteiger charge is -2.13. The molecule has 14 heavy (non-hydrogen) atoms. The van der Waals surface area contributed by atoms with Gasteiger partial charge in [0.2, 0.25) is 0 Å². The SMILES string of the molecule is CCCCCCCC(Cl)CCN(C)C. The molecule has 0 aliphatic carbocycles. The first-order valence-corrected chi connectivity index (χ1v) is 6.39. The molecule has 1 atom stereocenters. The number of alkyl halides is 1. The van der Waals surface area contributed by atoms with E-state index in [4.69, 9.17) is 11.6 Å². The third-order valence-corrected chi connectivity index (χ3v) is 2.95. The second kappa shape index (κ2) is 9.79. The summed E-state index contributed by atoms with van der Waals surface area (Å²) < 4.78 is 0. The van der Waals surface area contributed by atoms with Crippen molar-refractivity contribution in [3.05, 3.63) is 0 Å². The van der Waals surface area contributed by atoms with E-state index in [1.165, 1.54) is 38.5 Å². The van der Waals surface area contributed by atoms with Gasteiger partial charge in [-0.1, -0.05) is 39.0 Å². The number of hydrogen-bond donors (Lipinski definition) is 0. The van der Waals surface area contributed by atoms with E-state index < -0.39 is 0 Å². The lowest BCUT2D eigenvalue weighted by molar-refractivity contribution is 0.391. The molecule has 0 aromatic carbocycles. The molecule has 1 nitrogen and oxygen atoms in total. The Balaban J connectivity index is 3.14. The quantitative estimate of drug-likeness (QED) is 0.420. The maximum absolute atomic E-state index is 6.21. The van der Waals surface area contributed by atoms with E-state index in [-0.39, 0.29) is 0 Å². The molecule has 0 aliphatic heterocycles. The predicted molar refractivity (Wildman–Crippen MR) is 66.2 cm³/mol. The Hall–Kier alpha value is 0.250. The summed E-state index contributed by atoms with van der Waals surface area (Å²) in [4.78, 5) is 2.20. The van der Waals surface area contributed by atoms with Gasteiger partial charge in [0, 0.05) is 5.38 Å². The number of unbranched alkanes of at least 4 members (excludes halogenated alkanes) is 4. The molecule has 0 bridgehead atoms. The van der Waals surface area contributed by atoms with Gasteiger partial charge in [0.25, 0.3) is 0 Å². The van der Waals surface area contributed by atoms with E-state index in [1.54, 1.807) is 0 Å². The average molecular weight is 220 g/mol. The Kier molecular flexibility index (Phi) is 9.97. The highest BCUT2D eigenvalue weighted by atomic mass is 35.5. The van der Waals surface area contributed by atoms with Gasteiger partial charge in [-0.15, -0.1) is 11.6 Å². The standard InChI is InChI=1S/C12H26ClN/c1-4-5-6-7-8-9-12(13)10-11-14(2)3/h12H,4-11H2,1-3H3. The van der Waals surface area contributed by atoms with Gasteiger partial charge in [0.1, 0.15) is 0 Å². The highest BCUT2D eigenvalue weighted by Gasteiger charge is 2.04. The fourth-order valence-electron chi connectivity index (χ4n) is 1.51. The predicted octanol–water partition coefficient (Wildman–Crippen LogP) is 3.91. The fraction of sp³-hybridized carbons (Fsp3) is 1.00. The minimum atomic E-state index is 0.388. The zero-order chi connectivity index (χ0) is 10.8. The molecule has 0 spiro atoms. The molecule has 0 saturated heterocycles. The van der Waals surface area contributed by atoms with Crippen molar-refractivity contribution >= 4 is 11.6 Å². The third-order valence-electron chi connectivity index (χ3n) is 2.51. The van der Waals surface area contributed by atoms with E-state index in [9.17, 15) is 0 Å². The first-order chi connectivity index (χ1) is 6.66. The fourth-order valence-corrected chi connectivity index (χ4v) is 1.76. The summed E-state index contributed by atoms with van der Waals surface area (Å²) in [6.07, 6.45) is 9.07. The lowest BCUT2D eigenvalue weighted by atomic mass is 10.1. The van der Waals surface area contributed by atoms with Crippen LogP contribution in [0.5, 0.6) is 0 Å². The maximum Gasteiger partial charge on any atom is 0.0348 e. The number of rotatable bonds is 9. The Labute approximate surface area is 94.8 Å². The van der Waals surface area contributed by atoms with E-state index in [2.05, 4.69) is 25.9 Å². The van der Waals surface area contributed by atoms with Crippen molar-refractivity contribution < 1.29 is 0 Å². The van der Waals surface area contributed by atoms with Crippen LogP contribution in [0.2, 0.25) is 0 Å². The van der Waals surface area contributed by atoms with Crippen LogP contribution in [-0.2, 0) is 0 Å². The van der Waals surface area contributed by atoms with Crippen LogP contribution in [0.15, 0.2) is 0 Å². The summed E-state index contributed by atoms with van der Waals surface area (Å²) in [5.74, 6) is 0. The number of hydrogen-bond acceptors (Lipinski definition) is 1. The van der Waals surface area contributed by atoms with Crippen molar-refractivity contribution in [3.63, 3.8) is 0 Å². The number of halogens is 1. The molecule has 0 fully saturated rings. The molecule has 0 heterocycles. The van der Waals surface area contributed by atoms with Gasteiger partial charge < -0.3 is 4.90 Å². The summed E-state index contributed by atoms with van der Waals surface area (Å²) in [7, 11) is 4.20. The van der Waals surface area contributed by atoms with Crippen LogP contribution in [0.4, 0.5) is 0 Å². The van der Waals surface area contributed by atoms with Gasteiger partial charge >= 0.3 is 0 Å². The third kappa shape index (κ3) is 10.3. The van der Waals surface area contributed by atoms with Crippen LogP contribution in [-0.4, -0.2) is 30.9 Å². The molecular weight excluding hydrogens is 194 g/mol. The molecule has 1 unspecified atom stereocenters. The Morgan fingerprint density at radius 2 is 1.64 bits per heavy atom. The van der Waals surface area contributed by atoms with Crippen LogP contribution in [0, 0.1) is 0 Å². The van der Waals surface area contributed by atoms with Gasteiger partial charge in [-0.2, -0.15) is 0 Å². The minimum absolute atomic E-state index is 0.388. The first kappa shape index (κ1) is 14.2. The van der Waals surface area contributed by atoms with E-state index in [1.807, 2.05) is 0 Å². The molecule has 0 saturated carbocycles. The van der Waals surface area contributed by atoms with Crippen molar-refractivity contribution in [2.24, 2.45) is 0 Å². The second-order valence-corrected chi connectivity index (χ2v) is 5.01. The van der Waals surface area contributed by atoms with Crippen molar-refractivity contribution in [1.82, 2.24) is 4.90 Å². The lowest BCUT2D eigenvalue weighted by Crippen LogP contribution is -2.16. The van der Waals surface area contributed by atoms with E-state index in [0.29, 0.717) is 5.38 Å². The van der Waals surface area contributed by atoms with Gasteiger partial charge in [-0.25, -0.2) is 0 Å². The molecule has 0 amide bonds. The molecule has 0 aromatic heterocycles. The molecule has 0 N–H and O–H groups in total. The molecule has 0 rings (SSSR count). The molecule has 0 aromatic rings. The summed E-state index contributed by atoms with van der Waals surface area (Å²) >= 11 is 6.21. The highest BCUT2D eigenvalue weighted by molar-refractivity contribution is 6.20. The Morgan fingerprint density at radius 3 is 2.21 bits per heavy atom. The summed E-state index contributed by atoms with van der Waals surface area (Å²) in [6.45, 7) is 3.37. The topological polar surface area (TPSA) is 3.24 Å².